The van der Waals surface area contributed by atoms with E-state index < -0.39 is 54.0 Å². The minimum absolute atomic E-state index is 0.175. The predicted molar refractivity (Wildman–Crippen MR) is 114 cm³/mol. The van der Waals surface area contributed by atoms with Crippen molar-refractivity contribution in [2.24, 2.45) is 17.4 Å². The van der Waals surface area contributed by atoms with E-state index >= 15 is 0 Å². The molecule has 0 radical (unpaired) electrons. The van der Waals surface area contributed by atoms with Crippen molar-refractivity contribution in [2.45, 2.75) is 83.1 Å². The van der Waals surface area contributed by atoms with Crippen LogP contribution in [0.25, 0.3) is 0 Å². The lowest BCUT2D eigenvalue weighted by molar-refractivity contribution is -0.149. The van der Waals surface area contributed by atoms with E-state index in [0.717, 1.165) is 0 Å². The Morgan fingerprint density at radius 2 is 1.74 bits per heavy atom. The van der Waals surface area contributed by atoms with Crippen LogP contribution in [0.2, 0.25) is 0 Å². The van der Waals surface area contributed by atoms with Gasteiger partial charge in [-0.1, -0.05) is 13.8 Å². The van der Waals surface area contributed by atoms with Crippen LogP contribution >= 0.6 is 0 Å². The molecule has 0 spiro atoms. The molecule has 0 aromatic carbocycles. The van der Waals surface area contributed by atoms with Crippen molar-refractivity contribution in [3.8, 4) is 0 Å². The molecular formula is C20H37N5O6. The number of rotatable bonds is 12. The van der Waals surface area contributed by atoms with E-state index in [4.69, 9.17) is 11.5 Å². The third-order valence-corrected chi connectivity index (χ3v) is 5.47. The lowest BCUT2D eigenvalue weighted by Crippen LogP contribution is -2.60. The van der Waals surface area contributed by atoms with Gasteiger partial charge in [0.2, 0.25) is 17.7 Å². The summed E-state index contributed by atoms with van der Waals surface area (Å²) in [5.74, 6) is -3.09. The number of nitrogens with zero attached hydrogens (tertiary/aromatic N) is 1. The lowest BCUT2D eigenvalue weighted by Gasteiger charge is -2.29. The summed E-state index contributed by atoms with van der Waals surface area (Å²) in [6.45, 7) is 5.55. The lowest BCUT2D eigenvalue weighted by atomic mass is 10.0. The summed E-state index contributed by atoms with van der Waals surface area (Å²) in [5, 5.41) is 24.4. The fourth-order valence-corrected chi connectivity index (χ4v) is 3.46. The molecule has 31 heavy (non-hydrogen) atoms. The second-order valence-electron chi connectivity index (χ2n) is 8.37. The van der Waals surface area contributed by atoms with Crippen LogP contribution < -0.4 is 22.1 Å². The third kappa shape index (κ3) is 7.75. The Hall–Kier alpha value is -2.24. The smallest absolute Gasteiger partial charge is 0.326 e. The molecule has 11 nitrogen and oxygen atoms in total. The number of aliphatic hydroxyl groups excluding tert-OH is 1. The van der Waals surface area contributed by atoms with Gasteiger partial charge in [-0.05, 0) is 51.5 Å². The number of hydrogen-bond donors (Lipinski definition) is 6. The van der Waals surface area contributed by atoms with Gasteiger partial charge in [-0.2, -0.15) is 0 Å². The second-order valence-corrected chi connectivity index (χ2v) is 8.37. The first-order valence-electron chi connectivity index (χ1n) is 10.8. The van der Waals surface area contributed by atoms with Crippen LogP contribution in [0.1, 0.15) is 52.9 Å². The van der Waals surface area contributed by atoms with Crippen molar-refractivity contribution in [1.82, 2.24) is 15.5 Å². The summed E-state index contributed by atoms with van der Waals surface area (Å²) in [7, 11) is 0. The Bertz CT molecular complexity index is 642. The van der Waals surface area contributed by atoms with E-state index in [9.17, 15) is 29.4 Å². The summed E-state index contributed by atoms with van der Waals surface area (Å²) < 4.78 is 0. The normalized spacial score (nSPS) is 20.1. The average Bonchev–Trinajstić information content (AvgIpc) is 3.19. The first kappa shape index (κ1) is 26.8. The van der Waals surface area contributed by atoms with E-state index in [1.165, 1.54) is 11.8 Å². The summed E-state index contributed by atoms with van der Waals surface area (Å²) in [4.78, 5) is 50.9. The number of carbonyl (C=O) groups excluding carboxylic acids is 3. The largest absolute Gasteiger partial charge is 0.480 e. The van der Waals surface area contributed by atoms with Gasteiger partial charge in [0.05, 0.1) is 12.1 Å². The van der Waals surface area contributed by atoms with Gasteiger partial charge in [0.1, 0.15) is 18.1 Å². The highest BCUT2D eigenvalue weighted by Gasteiger charge is 2.38. The van der Waals surface area contributed by atoms with Crippen molar-refractivity contribution in [3.63, 3.8) is 0 Å². The zero-order chi connectivity index (χ0) is 23.7. The van der Waals surface area contributed by atoms with Gasteiger partial charge in [0.25, 0.3) is 0 Å². The molecule has 0 saturated carbocycles. The van der Waals surface area contributed by atoms with E-state index in [1.807, 2.05) is 0 Å². The minimum atomic E-state index is -1.31. The first-order valence-corrected chi connectivity index (χ1v) is 10.8. The van der Waals surface area contributed by atoms with Gasteiger partial charge in [-0.15, -0.1) is 0 Å². The molecule has 3 amide bonds. The van der Waals surface area contributed by atoms with Gasteiger partial charge >= 0.3 is 5.97 Å². The Balaban J connectivity index is 2.97. The molecule has 1 rings (SSSR count). The Labute approximate surface area is 182 Å². The number of carbonyl (C=O) groups is 4. The number of carboxylic acid groups (broad SMARTS) is 1. The first-order chi connectivity index (χ1) is 14.5. The van der Waals surface area contributed by atoms with Crippen LogP contribution in [-0.2, 0) is 19.2 Å². The third-order valence-electron chi connectivity index (χ3n) is 5.47. The maximum atomic E-state index is 13.0. The molecule has 1 saturated heterocycles. The topological polar surface area (TPSA) is 188 Å². The number of aliphatic hydroxyl groups is 1. The summed E-state index contributed by atoms with van der Waals surface area (Å²) in [6, 6.07) is -4.10. The summed E-state index contributed by atoms with van der Waals surface area (Å²) in [6.07, 6.45) is 1.11. The highest BCUT2D eigenvalue weighted by molar-refractivity contribution is 5.94. The Morgan fingerprint density at radius 3 is 2.26 bits per heavy atom. The molecule has 5 atom stereocenters. The van der Waals surface area contributed by atoms with Gasteiger partial charge in [0.15, 0.2) is 0 Å². The van der Waals surface area contributed by atoms with Crippen molar-refractivity contribution in [3.05, 3.63) is 0 Å². The van der Waals surface area contributed by atoms with E-state index in [1.54, 1.807) is 13.8 Å². The maximum absolute atomic E-state index is 13.0. The minimum Gasteiger partial charge on any atom is -0.480 e. The highest BCUT2D eigenvalue weighted by Crippen LogP contribution is 2.20. The fourth-order valence-electron chi connectivity index (χ4n) is 3.46. The van der Waals surface area contributed by atoms with E-state index in [2.05, 4.69) is 10.6 Å². The van der Waals surface area contributed by atoms with Crippen molar-refractivity contribution in [1.29, 1.82) is 0 Å². The quantitative estimate of drug-likeness (QED) is 0.197. The zero-order valence-electron chi connectivity index (χ0n) is 18.5. The van der Waals surface area contributed by atoms with E-state index in [-0.39, 0.29) is 12.3 Å². The molecule has 0 aromatic heterocycles. The molecule has 0 aromatic rings. The van der Waals surface area contributed by atoms with Crippen LogP contribution in [0, 0.1) is 5.92 Å². The highest BCUT2D eigenvalue weighted by atomic mass is 16.4. The van der Waals surface area contributed by atoms with Crippen LogP contribution in [0.3, 0.4) is 0 Å². The molecule has 0 bridgehead atoms. The maximum Gasteiger partial charge on any atom is 0.326 e. The molecule has 1 heterocycles. The van der Waals surface area contributed by atoms with Crippen LogP contribution in [-0.4, -0.2) is 82.2 Å². The second kappa shape index (κ2) is 12.6. The monoisotopic (exact) mass is 443 g/mol. The van der Waals surface area contributed by atoms with Crippen molar-refractivity contribution >= 4 is 23.7 Å². The molecule has 0 aliphatic carbocycles. The molecule has 5 unspecified atom stereocenters. The Morgan fingerprint density at radius 1 is 1.10 bits per heavy atom. The van der Waals surface area contributed by atoms with Crippen molar-refractivity contribution in [2.75, 3.05) is 13.1 Å². The van der Waals surface area contributed by atoms with Gasteiger partial charge in [-0.25, -0.2) is 4.79 Å². The number of aliphatic carboxylic acids is 1. The van der Waals surface area contributed by atoms with Crippen LogP contribution in [0.4, 0.5) is 0 Å². The molecule has 1 fully saturated rings. The zero-order valence-corrected chi connectivity index (χ0v) is 18.5. The number of carboxylic acids is 1. The standard InChI is InChI=1S/C20H37N5O6/c1-11(2)15(22)17(27)24-16(12(3)26)18(28)23-13(7-4-5-9-21)19(29)25-10-6-8-14(25)20(30)31/h11-16,26H,4-10,21-22H2,1-3H3,(H,23,28)(H,24,27)(H,30,31). The number of unbranched alkanes of at least 4 members (excludes halogenated alkanes) is 1. The molecule has 1 aliphatic heterocycles. The molecular weight excluding hydrogens is 406 g/mol. The summed E-state index contributed by atoms with van der Waals surface area (Å²) >= 11 is 0. The number of nitrogens with two attached hydrogens (primary N) is 2. The van der Waals surface area contributed by atoms with Crippen LogP contribution in [0.5, 0.6) is 0 Å². The predicted octanol–water partition coefficient (Wildman–Crippen LogP) is -1.48. The van der Waals surface area contributed by atoms with Gasteiger partial charge in [0, 0.05) is 6.54 Å². The number of amides is 3. The molecule has 8 N–H and O–H groups in total. The van der Waals surface area contributed by atoms with Gasteiger partial charge in [-0.3, -0.25) is 14.4 Å². The number of hydrogen-bond acceptors (Lipinski definition) is 7. The summed E-state index contributed by atoms with van der Waals surface area (Å²) in [5.41, 5.74) is 11.3. The molecule has 11 heteroatoms. The van der Waals surface area contributed by atoms with Gasteiger partial charge < -0.3 is 37.2 Å². The number of likely N-dealkylation sites (tertiary alicyclic amines) is 1. The Kier molecular flexibility index (Phi) is 10.9. The van der Waals surface area contributed by atoms with Crippen molar-refractivity contribution < 1.29 is 29.4 Å². The molecule has 1 aliphatic rings. The fraction of sp³-hybridized carbons (Fsp3) is 0.800. The van der Waals surface area contributed by atoms with E-state index in [0.29, 0.717) is 38.8 Å². The molecule has 178 valence electrons. The SMILES string of the molecule is CC(C)C(N)C(=O)NC(C(=O)NC(CCCCN)C(=O)N1CCCC1C(=O)O)C(C)O. The van der Waals surface area contributed by atoms with Crippen LogP contribution in [0.15, 0.2) is 0 Å². The number of nitrogens with one attached hydrogen (secondary N) is 2. The average molecular weight is 444 g/mol.